The largest absolute Gasteiger partial charge is 0.480 e. The van der Waals surface area contributed by atoms with Gasteiger partial charge in [0.25, 0.3) is 0 Å². The number of hydrogen-bond acceptors (Lipinski definition) is 3. The van der Waals surface area contributed by atoms with Gasteiger partial charge < -0.3 is 10.8 Å². The fraction of sp³-hybridized carbons (Fsp3) is 0.462. The molecule has 4 nitrogen and oxygen atoms in total. The van der Waals surface area contributed by atoms with E-state index in [2.05, 4.69) is 6.07 Å². The molecule has 0 saturated heterocycles. The summed E-state index contributed by atoms with van der Waals surface area (Å²) < 4.78 is 0. The highest BCUT2D eigenvalue weighted by atomic mass is 16.4. The van der Waals surface area contributed by atoms with Crippen LogP contribution in [-0.2, 0) is 11.2 Å². The summed E-state index contributed by atoms with van der Waals surface area (Å²) in [5.41, 5.74) is 8.28. The van der Waals surface area contributed by atoms with Crippen LogP contribution in [0.3, 0.4) is 0 Å². The van der Waals surface area contributed by atoms with Gasteiger partial charge >= 0.3 is 5.97 Å². The van der Waals surface area contributed by atoms with Crippen LogP contribution in [0.25, 0.3) is 0 Å². The number of fused-ring (bicyclic) bond motifs is 1. The van der Waals surface area contributed by atoms with Crippen molar-refractivity contribution in [2.24, 2.45) is 5.73 Å². The van der Waals surface area contributed by atoms with Gasteiger partial charge in [0.1, 0.15) is 6.04 Å². The molecule has 0 radical (unpaired) electrons. The van der Waals surface area contributed by atoms with E-state index in [0.29, 0.717) is 6.54 Å². The van der Waals surface area contributed by atoms with Crippen LogP contribution in [0.1, 0.15) is 24.1 Å². The monoisotopic (exact) mass is 234 g/mol. The van der Waals surface area contributed by atoms with Crippen molar-refractivity contribution in [2.75, 3.05) is 13.1 Å². The zero-order chi connectivity index (χ0) is 12.4. The Kier molecular flexibility index (Phi) is 3.45. The average molecular weight is 234 g/mol. The number of carbonyl (C=O) groups is 1. The molecule has 0 saturated carbocycles. The molecule has 0 fully saturated rings. The maximum atomic E-state index is 11.1. The van der Waals surface area contributed by atoms with Crippen molar-refractivity contribution in [3.05, 3.63) is 35.4 Å². The first kappa shape index (κ1) is 12.1. The molecule has 2 unspecified atom stereocenters. The molecule has 0 aliphatic carbocycles. The third-order valence-corrected chi connectivity index (χ3v) is 3.53. The van der Waals surface area contributed by atoms with Gasteiger partial charge in [-0.3, -0.25) is 9.69 Å². The molecule has 1 aromatic rings. The number of nitrogens with two attached hydrogens (primary N) is 1. The lowest BCUT2D eigenvalue weighted by Crippen LogP contribution is -2.47. The van der Waals surface area contributed by atoms with E-state index in [1.54, 1.807) is 6.92 Å². The number of rotatable bonds is 3. The molecule has 0 spiro atoms. The molecule has 2 rings (SSSR count). The van der Waals surface area contributed by atoms with Crippen molar-refractivity contribution in [3.63, 3.8) is 0 Å². The van der Waals surface area contributed by atoms with E-state index in [9.17, 15) is 4.79 Å². The molecule has 1 heterocycles. The quantitative estimate of drug-likeness (QED) is 0.819. The Morgan fingerprint density at radius 2 is 2.29 bits per heavy atom. The molecular weight excluding hydrogens is 216 g/mol. The van der Waals surface area contributed by atoms with Crippen molar-refractivity contribution < 1.29 is 9.90 Å². The lowest BCUT2D eigenvalue weighted by molar-refractivity contribution is -0.143. The summed E-state index contributed by atoms with van der Waals surface area (Å²) in [4.78, 5) is 13.1. The van der Waals surface area contributed by atoms with E-state index in [4.69, 9.17) is 10.8 Å². The van der Waals surface area contributed by atoms with Gasteiger partial charge in [0.15, 0.2) is 0 Å². The lowest BCUT2D eigenvalue weighted by Gasteiger charge is -2.38. The Morgan fingerprint density at radius 1 is 1.59 bits per heavy atom. The predicted molar refractivity (Wildman–Crippen MR) is 65.7 cm³/mol. The van der Waals surface area contributed by atoms with Crippen molar-refractivity contribution in [3.8, 4) is 0 Å². The van der Waals surface area contributed by atoms with E-state index in [1.165, 1.54) is 11.1 Å². The molecule has 4 heteroatoms. The highest BCUT2D eigenvalue weighted by Gasteiger charge is 2.32. The fourth-order valence-electron chi connectivity index (χ4n) is 2.54. The van der Waals surface area contributed by atoms with Crippen LogP contribution in [0.5, 0.6) is 0 Å². The topological polar surface area (TPSA) is 66.6 Å². The van der Waals surface area contributed by atoms with Crippen LogP contribution in [0.4, 0.5) is 0 Å². The van der Waals surface area contributed by atoms with Crippen molar-refractivity contribution in [1.82, 2.24) is 4.90 Å². The van der Waals surface area contributed by atoms with Crippen LogP contribution < -0.4 is 5.73 Å². The van der Waals surface area contributed by atoms with Gasteiger partial charge in [0.05, 0.1) is 0 Å². The third-order valence-electron chi connectivity index (χ3n) is 3.53. The van der Waals surface area contributed by atoms with Gasteiger partial charge in [-0.15, -0.1) is 0 Å². The van der Waals surface area contributed by atoms with Crippen LogP contribution in [0.15, 0.2) is 24.3 Å². The summed E-state index contributed by atoms with van der Waals surface area (Å²) in [7, 11) is 0. The first-order chi connectivity index (χ1) is 8.15. The zero-order valence-corrected chi connectivity index (χ0v) is 9.97. The van der Waals surface area contributed by atoms with Crippen LogP contribution in [0, 0.1) is 0 Å². The van der Waals surface area contributed by atoms with Gasteiger partial charge in [0, 0.05) is 19.1 Å². The summed E-state index contributed by atoms with van der Waals surface area (Å²) in [5.74, 6) is -0.789. The third kappa shape index (κ3) is 2.18. The maximum Gasteiger partial charge on any atom is 0.320 e. The summed E-state index contributed by atoms with van der Waals surface area (Å²) in [6.07, 6.45) is 0.893. The van der Waals surface area contributed by atoms with Crippen LogP contribution in [-0.4, -0.2) is 35.1 Å². The van der Waals surface area contributed by atoms with E-state index in [0.717, 1.165) is 13.0 Å². The minimum atomic E-state index is -0.789. The Hall–Kier alpha value is -1.39. The SMILES string of the molecule is CC(C(=O)O)N1CCc2ccccc2C1CN. The second-order valence-corrected chi connectivity index (χ2v) is 4.45. The summed E-state index contributed by atoms with van der Waals surface area (Å²) >= 11 is 0. The molecule has 0 aromatic heterocycles. The Bertz CT molecular complexity index is 420. The molecule has 0 bridgehead atoms. The molecule has 17 heavy (non-hydrogen) atoms. The van der Waals surface area contributed by atoms with Crippen molar-refractivity contribution in [2.45, 2.75) is 25.4 Å². The van der Waals surface area contributed by atoms with Gasteiger partial charge in [-0.05, 0) is 24.5 Å². The molecule has 2 atom stereocenters. The van der Waals surface area contributed by atoms with Gasteiger partial charge in [-0.25, -0.2) is 0 Å². The number of carboxylic acid groups (broad SMARTS) is 1. The molecule has 1 aromatic carbocycles. The predicted octanol–water partition coefficient (Wildman–Crippen LogP) is 1.02. The summed E-state index contributed by atoms with van der Waals surface area (Å²) in [5, 5.41) is 9.11. The lowest BCUT2D eigenvalue weighted by atomic mass is 9.91. The van der Waals surface area contributed by atoms with E-state index >= 15 is 0 Å². The Morgan fingerprint density at radius 3 is 2.94 bits per heavy atom. The molecule has 92 valence electrons. The first-order valence-corrected chi connectivity index (χ1v) is 5.91. The van der Waals surface area contributed by atoms with Crippen molar-refractivity contribution in [1.29, 1.82) is 0 Å². The van der Waals surface area contributed by atoms with E-state index < -0.39 is 12.0 Å². The number of nitrogens with zero attached hydrogens (tertiary/aromatic N) is 1. The maximum absolute atomic E-state index is 11.1. The smallest absolute Gasteiger partial charge is 0.320 e. The highest BCUT2D eigenvalue weighted by molar-refractivity contribution is 5.73. The molecule has 3 N–H and O–H groups in total. The fourth-order valence-corrected chi connectivity index (χ4v) is 2.54. The van der Waals surface area contributed by atoms with Gasteiger partial charge in [-0.1, -0.05) is 24.3 Å². The molecule has 1 aliphatic rings. The summed E-state index contributed by atoms with van der Waals surface area (Å²) in [6.45, 7) is 2.93. The Balaban J connectivity index is 2.32. The number of benzene rings is 1. The second-order valence-electron chi connectivity index (χ2n) is 4.45. The first-order valence-electron chi connectivity index (χ1n) is 5.91. The van der Waals surface area contributed by atoms with E-state index in [1.807, 2.05) is 23.1 Å². The average Bonchev–Trinajstić information content (AvgIpc) is 2.36. The molecular formula is C13H18N2O2. The minimum absolute atomic E-state index is 0.0195. The minimum Gasteiger partial charge on any atom is -0.480 e. The standard InChI is InChI=1S/C13H18N2O2/c1-9(13(16)17)15-7-6-10-4-2-3-5-11(10)12(15)8-14/h2-5,9,12H,6-8,14H2,1H3,(H,16,17). The normalized spacial score (nSPS) is 21.9. The number of carboxylic acids is 1. The molecule has 0 amide bonds. The highest BCUT2D eigenvalue weighted by Crippen LogP contribution is 2.30. The molecule has 1 aliphatic heterocycles. The second kappa shape index (κ2) is 4.85. The van der Waals surface area contributed by atoms with Crippen LogP contribution >= 0.6 is 0 Å². The van der Waals surface area contributed by atoms with Crippen molar-refractivity contribution >= 4 is 5.97 Å². The van der Waals surface area contributed by atoms with Gasteiger partial charge in [0.2, 0.25) is 0 Å². The van der Waals surface area contributed by atoms with E-state index in [-0.39, 0.29) is 6.04 Å². The van der Waals surface area contributed by atoms with Crippen LogP contribution in [0.2, 0.25) is 0 Å². The Labute approximate surface area is 101 Å². The zero-order valence-electron chi connectivity index (χ0n) is 9.97. The van der Waals surface area contributed by atoms with Gasteiger partial charge in [-0.2, -0.15) is 0 Å². The number of aliphatic carboxylic acids is 1. The summed E-state index contributed by atoms with van der Waals surface area (Å²) in [6, 6.07) is 7.68. The number of hydrogen-bond donors (Lipinski definition) is 2.